The molecular formula is C21H16F3N9O. The van der Waals surface area contributed by atoms with Crippen LogP contribution in [0.2, 0.25) is 0 Å². The van der Waals surface area contributed by atoms with Crippen LogP contribution in [0.5, 0.6) is 0 Å². The van der Waals surface area contributed by atoms with Gasteiger partial charge < -0.3 is 4.98 Å². The fraction of sp³-hybridized carbons (Fsp3) is 0.333. The second-order valence-electron chi connectivity index (χ2n) is 7.95. The van der Waals surface area contributed by atoms with Gasteiger partial charge in [0, 0.05) is 24.2 Å². The van der Waals surface area contributed by atoms with Crippen LogP contribution >= 0.6 is 0 Å². The minimum absolute atomic E-state index is 0.00445. The molecule has 1 aliphatic carbocycles. The van der Waals surface area contributed by atoms with Crippen molar-refractivity contribution in [1.29, 1.82) is 5.26 Å². The number of alkyl halides is 3. The quantitative estimate of drug-likeness (QED) is 0.483. The maximum absolute atomic E-state index is 12.9. The van der Waals surface area contributed by atoms with Crippen molar-refractivity contribution in [3.8, 4) is 6.07 Å². The number of hydrogen-bond donors (Lipinski definition) is 1. The van der Waals surface area contributed by atoms with Crippen LogP contribution in [0.15, 0.2) is 35.6 Å². The second-order valence-corrected chi connectivity index (χ2v) is 7.95. The SMILES string of the molecule is C[C@H](c1cnc(C(F)(F)F)cn1)n1nc(C#N)c2c(=O)[nH]c([C@@H]3CC[C@H]3c3ncccn3)nc21. The fourth-order valence-electron chi connectivity index (χ4n) is 4.05. The summed E-state index contributed by atoms with van der Waals surface area (Å²) in [5.74, 6) is 0.917. The summed E-state index contributed by atoms with van der Waals surface area (Å²) in [6.45, 7) is 1.62. The van der Waals surface area contributed by atoms with E-state index in [9.17, 15) is 23.2 Å². The third-order valence-electron chi connectivity index (χ3n) is 5.99. The van der Waals surface area contributed by atoms with Gasteiger partial charge in [0.25, 0.3) is 5.56 Å². The lowest BCUT2D eigenvalue weighted by molar-refractivity contribution is -0.141. The van der Waals surface area contributed by atoms with Gasteiger partial charge in [0.15, 0.2) is 17.0 Å². The highest BCUT2D eigenvalue weighted by molar-refractivity contribution is 5.80. The van der Waals surface area contributed by atoms with Crippen LogP contribution in [0.3, 0.4) is 0 Å². The molecule has 13 heteroatoms. The minimum atomic E-state index is -4.62. The summed E-state index contributed by atoms with van der Waals surface area (Å²) in [5, 5.41) is 13.7. The Labute approximate surface area is 189 Å². The molecule has 0 amide bonds. The molecule has 1 saturated carbocycles. The summed E-state index contributed by atoms with van der Waals surface area (Å²) in [4.78, 5) is 36.2. The van der Waals surface area contributed by atoms with E-state index in [0.29, 0.717) is 17.8 Å². The number of hydrogen-bond acceptors (Lipinski definition) is 8. The zero-order valence-electron chi connectivity index (χ0n) is 17.7. The van der Waals surface area contributed by atoms with Gasteiger partial charge in [-0.1, -0.05) is 0 Å². The molecule has 5 rings (SSSR count). The first-order chi connectivity index (χ1) is 16.3. The molecule has 0 spiro atoms. The summed E-state index contributed by atoms with van der Waals surface area (Å²) in [6.07, 6.45) is 1.90. The molecule has 4 heterocycles. The molecule has 0 aromatic carbocycles. The monoisotopic (exact) mass is 467 g/mol. The van der Waals surface area contributed by atoms with E-state index in [0.717, 1.165) is 19.0 Å². The van der Waals surface area contributed by atoms with Crippen molar-refractivity contribution in [2.75, 3.05) is 0 Å². The van der Waals surface area contributed by atoms with Crippen molar-refractivity contribution >= 4 is 11.0 Å². The van der Waals surface area contributed by atoms with Crippen molar-refractivity contribution in [3.05, 3.63) is 69.9 Å². The predicted octanol–water partition coefficient (Wildman–Crippen LogP) is 2.86. The van der Waals surface area contributed by atoms with E-state index in [-0.39, 0.29) is 34.3 Å². The first kappa shape index (κ1) is 21.6. The number of rotatable bonds is 4. The normalized spacial score (nSPS) is 18.9. The Balaban J connectivity index is 1.57. The van der Waals surface area contributed by atoms with Gasteiger partial charge in [0.1, 0.15) is 23.1 Å². The Morgan fingerprint density at radius 1 is 1.15 bits per heavy atom. The third-order valence-corrected chi connectivity index (χ3v) is 5.99. The van der Waals surface area contributed by atoms with E-state index in [1.54, 1.807) is 25.4 Å². The van der Waals surface area contributed by atoms with Gasteiger partial charge in [-0.3, -0.25) is 9.78 Å². The molecule has 10 nitrogen and oxygen atoms in total. The number of H-pyrrole nitrogens is 1. The molecule has 0 unspecified atom stereocenters. The van der Waals surface area contributed by atoms with Crippen LogP contribution in [-0.2, 0) is 6.18 Å². The van der Waals surface area contributed by atoms with Gasteiger partial charge in [-0.2, -0.15) is 23.5 Å². The number of nitrogens with one attached hydrogen (secondary N) is 1. The molecule has 0 bridgehead atoms. The maximum atomic E-state index is 12.9. The van der Waals surface area contributed by atoms with Gasteiger partial charge in [0.2, 0.25) is 0 Å². The number of nitrogens with zero attached hydrogens (tertiary/aromatic N) is 8. The molecular weight excluding hydrogens is 451 g/mol. The standard InChI is InChI=1S/C21H16F3N9O/c1-10(14-8-29-15(9-28-14)21(22,23)24)33-19-16(13(7-25)32-33)20(34)31-18(30-19)12-4-3-11(12)17-26-5-2-6-27-17/h2,5-6,8-12H,3-4H2,1H3,(H,30,31,34)/t10-,11-,12-/m1/s1. The zero-order chi connectivity index (χ0) is 24.0. The minimum Gasteiger partial charge on any atom is -0.310 e. The van der Waals surface area contributed by atoms with E-state index >= 15 is 0 Å². The predicted molar refractivity (Wildman–Crippen MR) is 110 cm³/mol. The van der Waals surface area contributed by atoms with Crippen LogP contribution in [0, 0.1) is 11.3 Å². The summed E-state index contributed by atoms with van der Waals surface area (Å²) < 4.78 is 39.9. The second kappa shape index (κ2) is 7.98. The summed E-state index contributed by atoms with van der Waals surface area (Å²) in [7, 11) is 0. The smallest absolute Gasteiger partial charge is 0.310 e. The van der Waals surface area contributed by atoms with Crippen molar-refractivity contribution in [2.24, 2.45) is 0 Å². The van der Waals surface area contributed by atoms with Crippen molar-refractivity contribution < 1.29 is 13.2 Å². The highest BCUT2D eigenvalue weighted by Crippen LogP contribution is 2.46. The number of fused-ring (bicyclic) bond motifs is 1. The topological polar surface area (TPSA) is 139 Å². The van der Waals surface area contributed by atoms with Gasteiger partial charge in [-0.05, 0) is 25.8 Å². The molecule has 3 atom stereocenters. The largest absolute Gasteiger partial charge is 0.434 e. The Morgan fingerprint density at radius 2 is 1.88 bits per heavy atom. The van der Waals surface area contributed by atoms with Crippen molar-refractivity contribution in [2.45, 2.75) is 43.8 Å². The molecule has 0 aliphatic heterocycles. The van der Waals surface area contributed by atoms with E-state index in [1.807, 2.05) is 6.07 Å². The highest BCUT2D eigenvalue weighted by atomic mass is 19.4. The van der Waals surface area contributed by atoms with Crippen LogP contribution in [0.4, 0.5) is 13.2 Å². The first-order valence-corrected chi connectivity index (χ1v) is 10.4. The zero-order valence-corrected chi connectivity index (χ0v) is 17.7. The molecule has 172 valence electrons. The Hall–Kier alpha value is -4.21. The molecule has 1 aliphatic rings. The molecule has 4 aromatic rings. The molecule has 34 heavy (non-hydrogen) atoms. The lowest BCUT2D eigenvalue weighted by atomic mass is 9.72. The fourth-order valence-corrected chi connectivity index (χ4v) is 4.05. The number of nitriles is 1. The lowest BCUT2D eigenvalue weighted by Gasteiger charge is -2.34. The maximum Gasteiger partial charge on any atom is 0.434 e. The van der Waals surface area contributed by atoms with E-state index in [2.05, 4.69) is 35.0 Å². The third kappa shape index (κ3) is 3.57. The van der Waals surface area contributed by atoms with Gasteiger partial charge >= 0.3 is 6.18 Å². The summed E-state index contributed by atoms with van der Waals surface area (Å²) in [6, 6.07) is 2.86. The molecule has 1 fully saturated rings. The van der Waals surface area contributed by atoms with E-state index < -0.39 is 23.5 Å². The number of aromatic amines is 1. The molecule has 0 radical (unpaired) electrons. The van der Waals surface area contributed by atoms with Crippen molar-refractivity contribution in [3.63, 3.8) is 0 Å². The van der Waals surface area contributed by atoms with Crippen LogP contribution < -0.4 is 5.56 Å². The summed E-state index contributed by atoms with van der Waals surface area (Å²) in [5.41, 5.74) is -1.47. The van der Waals surface area contributed by atoms with Gasteiger partial charge in [-0.15, -0.1) is 0 Å². The van der Waals surface area contributed by atoms with Gasteiger partial charge in [0.05, 0.1) is 24.1 Å². The van der Waals surface area contributed by atoms with E-state index in [1.165, 1.54) is 4.68 Å². The first-order valence-electron chi connectivity index (χ1n) is 10.4. The Morgan fingerprint density at radius 3 is 2.47 bits per heavy atom. The Bertz CT molecular complexity index is 1460. The van der Waals surface area contributed by atoms with Crippen LogP contribution in [0.1, 0.15) is 66.4 Å². The lowest BCUT2D eigenvalue weighted by Crippen LogP contribution is -2.28. The van der Waals surface area contributed by atoms with Crippen LogP contribution in [-0.4, -0.2) is 39.7 Å². The average molecular weight is 467 g/mol. The Kier molecular flexibility index (Phi) is 5.07. The highest BCUT2D eigenvalue weighted by Gasteiger charge is 2.38. The molecule has 4 aromatic heterocycles. The number of aromatic nitrogens is 8. The number of halogens is 3. The van der Waals surface area contributed by atoms with Crippen LogP contribution in [0.25, 0.3) is 11.0 Å². The van der Waals surface area contributed by atoms with E-state index in [4.69, 9.17) is 0 Å². The van der Waals surface area contributed by atoms with Crippen molar-refractivity contribution in [1.82, 2.24) is 39.7 Å². The summed E-state index contributed by atoms with van der Waals surface area (Å²) >= 11 is 0. The molecule has 0 saturated heterocycles. The molecule has 1 N–H and O–H groups in total. The average Bonchev–Trinajstić information content (AvgIpc) is 3.17. The van der Waals surface area contributed by atoms with Gasteiger partial charge in [-0.25, -0.2) is 24.6 Å².